The van der Waals surface area contributed by atoms with Crippen LogP contribution in [0.5, 0.6) is 5.75 Å². The first kappa shape index (κ1) is 16.4. The van der Waals surface area contributed by atoms with E-state index < -0.39 is 17.8 Å². The third-order valence-electron chi connectivity index (χ3n) is 4.56. The molecule has 0 radical (unpaired) electrons. The Morgan fingerprint density at radius 2 is 1.71 bits per heavy atom. The number of nitrogens with one attached hydrogen (secondary N) is 1. The third kappa shape index (κ3) is 3.12. The van der Waals surface area contributed by atoms with Gasteiger partial charge in [0.25, 0.3) is 0 Å². The molecule has 1 aromatic rings. The Kier molecular flexibility index (Phi) is 4.53. The zero-order valence-corrected chi connectivity index (χ0v) is 13.9. The Balaban J connectivity index is 1.71. The number of quaternary nitrogens is 1. The number of urea groups is 1. The van der Waals surface area contributed by atoms with Crippen molar-refractivity contribution in [3.05, 3.63) is 29.8 Å². The van der Waals surface area contributed by atoms with Crippen molar-refractivity contribution in [1.29, 1.82) is 0 Å². The summed E-state index contributed by atoms with van der Waals surface area (Å²) in [7, 11) is 1.62. The lowest BCUT2D eigenvalue weighted by molar-refractivity contribution is -0.931. The van der Waals surface area contributed by atoms with E-state index in [1.807, 2.05) is 24.3 Å². The second-order valence-corrected chi connectivity index (χ2v) is 6.18. The van der Waals surface area contributed by atoms with Gasteiger partial charge < -0.3 is 9.64 Å². The van der Waals surface area contributed by atoms with Gasteiger partial charge in [0.1, 0.15) is 12.3 Å². The molecule has 3 rings (SSSR count). The van der Waals surface area contributed by atoms with Crippen LogP contribution in [0.3, 0.4) is 0 Å². The van der Waals surface area contributed by atoms with Gasteiger partial charge in [0.15, 0.2) is 6.67 Å². The molecule has 7 nitrogen and oxygen atoms in total. The number of carbonyl (C=O) groups excluding carboxylic acids is 3. The van der Waals surface area contributed by atoms with Gasteiger partial charge in [-0.1, -0.05) is 0 Å². The molecule has 1 saturated carbocycles. The van der Waals surface area contributed by atoms with Crippen LogP contribution in [0.2, 0.25) is 0 Å². The van der Waals surface area contributed by atoms with Crippen LogP contribution >= 0.6 is 0 Å². The Hall–Kier alpha value is -2.41. The minimum Gasteiger partial charge on any atom is -0.497 e. The number of benzene rings is 1. The molecule has 1 saturated heterocycles. The van der Waals surface area contributed by atoms with Crippen molar-refractivity contribution in [2.24, 2.45) is 0 Å². The van der Waals surface area contributed by atoms with E-state index in [1.54, 1.807) is 14.0 Å². The van der Waals surface area contributed by atoms with Gasteiger partial charge in [0.05, 0.1) is 13.2 Å². The van der Waals surface area contributed by atoms with Crippen molar-refractivity contribution in [3.63, 3.8) is 0 Å². The van der Waals surface area contributed by atoms with E-state index in [2.05, 4.69) is 0 Å². The van der Waals surface area contributed by atoms with Crippen molar-refractivity contribution in [1.82, 2.24) is 9.80 Å². The molecule has 2 fully saturated rings. The molecule has 7 heteroatoms. The first-order chi connectivity index (χ1) is 11.5. The molecule has 1 heterocycles. The summed E-state index contributed by atoms with van der Waals surface area (Å²) >= 11 is 0. The fourth-order valence-corrected chi connectivity index (χ4v) is 3.00. The van der Waals surface area contributed by atoms with Gasteiger partial charge in [-0.25, -0.2) is 9.69 Å². The Labute approximate surface area is 140 Å². The highest BCUT2D eigenvalue weighted by Gasteiger charge is 2.47. The molecule has 4 amide bonds. The standard InChI is InChI=1S/C17H21N3O4/c1-3-19-15(21)16(22)20(17(19)23)11-18(13-6-7-13)10-12-4-8-14(24-2)9-5-12/h4-5,8-9,13H,3,6-7,10-11H2,1-2H3/p+1. The maximum atomic E-state index is 12.3. The van der Waals surface area contributed by atoms with Gasteiger partial charge in [-0.05, 0) is 31.2 Å². The topological polar surface area (TPSA) is 71.4 Å². The van der Waals surface area contributed by atoms with Gasteiger partial charge in [-0.2, -0.15) is 0 Å². The molecule has 128 valence electrons. The van der Waals surface area contributed by atoms with E-state index in [0.29, 0.717) is 12.6 Å². The van der Waals surface area contributed by atoms with Crippen LogP contribution in [0.1, 0.15) is 25.3 Å². The number of rotatable bonds is 7. The van der Waals surface area contributed by atoms with E-state index in [0.717, 1.165) is 38.9 Å². The van der Waals surface area contributed by atoms with Crippen molar-refractivity contribution in [2.75, 3.05) is 20.3 Å². The molecule has 1 aliphatic heterocycles. The highest BCUT2D eigenvalue weighted by Crippen LogP contribution is 2.18. The summed E-state index contributed by atoms with van der Waals surface area (Å²) in [6, 6.07) is 7.69. The lowest BCUT2D eigenvalue weighted by atomic mass is 10.2. The zero-order chi connectivity index (χ0) is 17.3. The van der Waals surface area contributed by atoms with Crippen molar-refractivity contribution < 1.29 is 24.0 Å². The van der Waals surface area contributed by atoms with Gasteiger partial charge >= 0.3 is 17.8 Å². The Bertz CT molecular complexity index is 654. The van der Waals surface area contributed by atoms with Gasteiger partial charge in [-0.3, -0.25) is 14.5 Å². The summed E-state index contributed by atoms with van der Waals surface area (Å²) < 4.78 is 5.16. The predicted molar refractivity (Wildman–Crippen MR) is 85.2 cm³/mol. The molecule has 2 aliphatic rings. The van der Waals surface area contributed by atoms with Crippen LogP contribution in [0.15, 0.2) is 24.3 Å². The maximum Gasteiger partial charge on any atom is 0.338 e. The minimum absolute atomic E-state index is 0.219. The van der Waals surface area contributed by atoms with E-state index in [9.17, 15) is 14.4 Å². The SMILES string of the molecule is CCN1C(=O)C(=O)N(C[NH+](Cc2ccc(OC)cc2)C2CC2)C1=O. The molecule has 1 atom stereocenters. The number of hydrogen-bond acceptors (Lipinski definition) is 4. The van der Waals surface area contributed by atoms with Gasteiger partial charge in [0.2, 0.25) is 0 Å². The molecule has 1 N–H and O–H groups in total. The normalized spacial score (nSPS) is 19.2. The summed E-state index contributed by atoms with van der Waals surface area (Å²) in [5.41, 5.74) is 1.11. The lowest BCUT2D eigenvalue weighted by Gasteiger charge is -2.23. The fourth-order valence-electron chi connectivity index (χ4n) is 3.00. The highest BCUT2D eigenvalue weighted by atomic mass is 16.5. The summed E-state index contributed by atoms with van der Waals surface area (Å²) in [5, 5.41) is 0. The van der Waals surface area contributed by atoms with E-state index in [4.69, 9.17) is 4.74 Å². The summed E-state index contributed by atoms with van der Waals surface area (Å²) in [6.07, 6.45) is 2.15. The van der Waals surface area contributed by atoms with Crippen LogP contribution in [0, 0.1) is 0 Å². The fraction of sp³-hybridized carbons (Fsp3) is 0.471. The molecule has 24 heavy (non-hydrogen) atoms. The number of nitrogens with zero attached hydrogens (tertiary/aromatic N) is 2. The second-order valence-electron chi connectivity index (χ2n) is 6.18. The first-order valence-corrected chi connectivity index (χ1v) is 8.20. The monoisotopic (exact) mass is 332 g/mol. The number of amides is 4. The van der Waals surface area contributed by atoms with Crippen molar-refractivity contribution in [3.8, 4) is 5.75 Å². The smallest absolute Gasteiger partial charge is 0.338 e. The Morgan fingerprint density at radius 1 is 1.08 bits per heavy atom. The molecular formula is C17H22N3O4+. The molecule has 0 spiro atoms. The highest BCUT2D eigenvalue weighted by molar-refractivity contribution is 6.44. The zero-order valence-electron chi connectivity index (χ0n) is 13.9. The number of likely N-dealkylation sites (N-methyl/N-ethyl adjacent to an activating group) is 1. The van der Waals surface area contributed by atoms with Crippen LogP contribution < -0.4 is 9.64 Å². The van der Waals surface area contributed by atoms with Crippen LogP contribution in [-0.2, 0) is 16.1 Å². The molecule has 0 aromatic heterocycles. The average molecular weight is 332 g/mol. The average Bonchev–Trinajstić information content (AvgIpc) is 3.41. The number of carbonyl (C=O) groups is 3. The maximum absolute atomic E-state index is 12.3. The molecule has 1 aromatic carbocycles. The third-order valence-corrected chi connectivity index (χ3v) is 4.56. The summed E-state index contributed by atoms with van der Waals surface area (Å²) in [5.74, 6) is -0.641. The van der Waals surface area contributed by atoms with Crippen molar-refractivity contribution in [2.45, 2.75) is 32.4 Å². The minimum atomic E-state index is -0.720. The largest absolute Gasteiger partial charge is 0.497 e. The summed E-state index contributed by atoms with van der Waals surface area (Å²) in [4.78, 5) is 39.4. The second kappa shape index (κ2) is 6.60. The predicted octanol–water partition coefficient (Wildman–Crippen LogP) is 0.0107. The van der Waals surface area contributed by atoms with E-state index in [1.165, 1.54) is 0 Å². The molecule has 1 aliphatic carbocycles. The molecule has 0 bridgehead atoms. The quantitative estimate of drug-likeness (QED) is 0.564. The molecule has 1 unspecified atom stereocenters. The van der Waals surface area contributed by atoms with Crippen molar-refractivity contribution >= 4 is 17.8 Å². The van der Waals surface area contributed by atoms with Crippen LogP contribution in [0.25, 0.3) is 0 Å². The number of methoxy groups -OCH3 is 1. The van der Waals surface area contributed by atoms with Crippen LogP contribution in [-0.4, -0.2) is 54.0 Å². The number of imide groups is 2. The first-order valence-electron chi connectivity index (χ1n) is 8.20. The van der Waals surface area contributed by atoms with Crippen LogP contribution in [0.4, 0.5) is 4.79 Å². The number of hydrogen-bond donors (Lipinski definition) is 1. The lowest BCUT2D eigenvalue weighted by Crippen LogP contribution is -3.13. The number of ether oxygens (including phenoxy) is 1. The van der Waals surface area contributed by atoms with E-state index in [-0.39, 0.29) is 13.2 Å². The molecular weight excluding hydrogens is 310 g/mol. The van der Waals surface area contributed by atoms with Gasteiger partial charge in [-0.15, -0.1) is 0 Å². The summed E-state index contributed by atoms with van der Waals surface area (Å²) in [6.45, 7) is 2.84. The Morgan fingerprint density at radius 3 is 2.21 bits per heavy atom. The van der Waals surface area contributed by atoms with Gasteiger partial charge in [0, 0.05) is 24.9 Å². The van der Waals surface area contributed by atoms with E-state index >= 15 is 0 Å².